The van der Waals surface area contributed by atoms with Gasteiger partial charge in [-0.3, -0.25) is 19.3 Å². The summed E-state index contributed by atoms with van der Waals surface area (Å²) in [5.74, 6) is 0.0441. The summed E-state index contributed by atoms with van der Waals surface area (Å²) in [6.45, 7) is 3.75. The minimum atomic E-state index is -4.04. The minimum absolute atomic E-state index is 0.0102. The van der Waals surface area contributed by atoms with Crippen molar-refractivity contribution in [1.29, 1.82) is 0 Å². The van der Waals surface area contributed by atoms with Crippen LogP contribution in [0.3, 0.4) is 0 Å². The van der Waals surface area contributed by atoms with Crippen LogP contribution in [0, 0.1) is 0 Å². The van der Waals surface area contributed by atoms with Crippen LogP contribution < -0.4 is 24.6 Å². The van der Waals surface area contributed by atoms with Crippen molar-refractivity contribution in [2.75, 3.05) is 41.3 Å². The van der Waals surface area contributed by atoms with E-state index in [-0.39, 0.29) is 28.5 Å². The molecule has 0 spiro atoms. The first-order valence-corrected chi connectivity index (χ1v) is 15.0. The lowest BCUT2D eigenvalue weighted by Crippen LogP contribution is -2.49. The van der Waals surface area contributed by atoms with E-state index in [0.717, 1.165) is 30.5 Å². The highest BCUT2D eigenvalue weighted by Crippen LogP contribution is 2.33. The van der Waals surface area contributed by atoms with Gasteiger partial charge >= 0.3 is 6.03 Å². The number of hydrogen-bond donors (Lipinski definition) is 2. The molecule has 2 aliphatic heterocycles. The number of anilines is 3. The molecule has 1 atom stereocenters. The Morgan fingerprint density at radius 2 is 1.73 bits per heavy atom. The molecule has 1 unspecified atom stereocenters. The number of hydrogen-bond acceptors (Lipinski definition) is 5. The molecule has 0 bridgehead atoms. The Morgan fingerprint density at radius 3 is 2.40 bits per heavy atom. The number of sulfonamides is 1. The number of benzene rings is 3. The predicted molar refractivity (Wildman–Crippen MR) is 156 cm³/mol. The van der Waals surface area contributed by atoms with Crippen molar-refractivity contribution >= 4 is 39.0 Å². The summed E-state index contributed by atoms with van der Waals surface area (Å²) in [5, 5.41) is 2.79. The summed E-state index contributed by atoms with van der Waals surface area (Å²) in [6.07, 6.45) is 3.15. The van der Waals surface area contributed by atoms with Gasteiger partial charge in [0.15, 0.2) is 0 Å². The first-order chi connectivity index (χ1) is 19.3. The first kappa shape index (κ1) is 27.5. The van der Waals surface area contributed by atoms with E-state index in [2.05, 4.69) is 29.1 Å². The molecule has 2 saturated heterocycles. The Labute approximate surface area is 235 Å². The van der Waals surface area contributed by atoms with Crippen LogP contribution >= 0.6 is 0 Å². The number of aryl methyl sites for hydroxylation is 1. The topological polar surface area (TPSA) is 108 Å². The van der Waals surface area contributed by atoms with Gasteiger partial charge in [-0.1, -0.05) is 37.6 Å². The summed E-state index contributed by atoms with van der Waals surface area (Å²) in [7, 11) is -2.62. The van der Waals surface area contributed by atoms with Gasteiger partial charge in [0, 0.05) is 43.3 Å². The van der Waals surface area contributed by atoms with Crippen LogP contribution in [-0.4, -0.2) is 47.1 Å². The minimum Gasteiger partial charge on any atom is -0.495 e. The molecular weight excluding hydrogens is 528 g/mol. The number of nitrogens with zero attached hydrogens (tertiary/aromatic N) is 2. The second-order valence-electron chi connectivity index (χ2n) is 10.1. The maximum Gasteiger partial charge on any atom is 0.328 e. The summed E-state index contributed by atoms with van der Waals surface area (Å²) in [5.41, 5.74) is 3.76. The normalized spacial score (nSPS) is 17.6. The molecule has 3 aromatic carbocycles. The summed E-state index contributed by atoms with van der Waals surface area (Å²) in [4.78, 5) is 28.6. The van der Waals surface area contributed by atoms with E-state index in [1.807, 2.05) is 12.1 Å². The second-order valence-corrected chi connectivity index (χ2v) is 11.8. The average molecular weight is 563 g/mol. The third-order valence-electron chi connectivity index (χ3n) is 7.35. The van der Waals surface area contributed by atoms with Crippen LogP contribution in [0.1, 0.15) is 43.2 Å². The quantitative estimate of drug-likeness (QED) is 0.386. The Morgan fingerprint density at radius 1 is 0.975 bits per heavy atom. The molecule has 5 rings (SSSR count). The summed E-state index contributed by atoms with van der Waals surface area (Å²) >= 11 is 0. The van der Waals surface area contributed by atoms with Crippen molar-refractivity contribution in [2.45, 2.75) is 43.4 Å². The molecule has 2 aliphatic rings. The lowest BCUT2D eigenvalue weighted by Gasteiger charge is -2.36. The number of methoxy groups -OCH3 is 1. The van der Waals surface area contributed by atoms with E-state index in [0.29, 0.717) is 37.4 Å². The zero-order valence-electron chi connectivity index (χ0n) is 22.7. The van der Waals surface area contributed by atoms with E-state index in [1.165, 1.54) is 12.7 Å². The van der Waals surface area contributed by atoms with Gasteiger partial charge in [0.25, 0.3) is 10.0 Å². The number of amides is 3. The van der Waals surface area contributed by atoms with Crippen molar-refractivity contribution < 1.29 is 22.7 Å². The highest BCUT2D eigenvalue weighted by atomic mass is 32.2. The number of ether oxygens (including phenoxy) is 1. The van der Waals surface area contributed by atoms with Crippen molar-refractivity contribution in [3.05, 3.63) is 77.9 Å². The van der Waals surface area contributed by atoms with Crippen LogP contribution in [0.4, 0.5) is 21.9 Å². The van der Waals surface area contributed by atoms with E-state index in [9.17, 15) is 18.0 Å². The van der Waals surface area contributed by atoms with Gasteiger partial charge in [0.1, 0.15) is 10.6 Å². The van der Waals surface area contributed by atoms with Gasteiger partial charge in [-0.25, -0.2) is 13.2 Å². The van der Waals surface area contributed by atoms with Gasteiger partial charge in [0.2, 0.25) is 5.91 Å². The van der Waals surface area contributed by atoms with Gasteiger partial charge in [-0.15, -0.1) is 0 Å². The van der Waals surface area contributed by atoms with Gasteiger partial charge in [-0.2, -0.15) is 0 Å². The Hall–Kier alpha value is -4.05. The van der Waals surface area contributed by atoms with Crippen molar-refractivity contribution in [2.24, 2.45) is 0 Å². The van der Waals surface area contributed by atoms with Gasteiger partial charge in [-0.05, 0) is 66.4 Å². The Bertz CT molecular complexity index is 1510. The molecule has 3 amide bonds. The molecule has 0 radical (unpaired) electrons. The van der Waals surface area contributed by atoms with Crippen molar-refractivity contribution in [1.82, 2.24) is 5.32 Å². The fraction of sp³-hybridized carbons (Fsp3) is 0.333. The molecule has 210 valence electrons. The average Bonchev–Trinajstić information content (AvgIpc) is 3.39. The van der Waals surface area contributed by atoms with Gasteiger partial charge < -0.3 is 10.1 Å². The number of nitrogens with one attached hydrogen (secondary N) is 2. The molecule has 0 saturated carbocycles. The number of rotatable bonds is 9. The molecule has 2 heterocycles. The molecule has 0 aromatic heterocycles. The summed E-state index contributed by atoms with van der Waals surface area (Å²) < 4.78 is 35.0. The Balaban J connectivity index is 1.37. The van der Waals surface area contributed by atoms with E-state index in [1.54, 1.807) is 52.3 Å². The fourth-order valence-corrected chi connectivity index (χ4v) is 6.53. The number of carbonyl (C=O) groups excluding carboxylic acids is 2. The molecule has 9 nitrogen and oxygen atoms in total. The van der Waals surface area contributed by atoms with Crippen LogP contribution in [0.2, 0.25) is 0 Å². The molecular formula is C30H34N4O5S. The van der Waals surface area contributed by atoms with Crippen LogP contribution in [-0.2, 0) is 21.2 Å². The fourth-order valence-electron chi connectivity index (χ4n) is 5.28. The Kier molecular flexibility index (Phi) is 7.97. The van der Waals surface area contributed by atoms with Crippen LogP contribution in [0.5, 0.6) is 5.75 Å². The molecule has 3 aromatic rings. The van der Waals surface area contributed by atoms with E-state index in [4.69, 9.17) is 4.74 Å². The number of carbonyl (C=O) groups is 2. The standard InChI is InChI=1S/C30H34N4O5S/c1-3-6-21-9-12-25(13-10-21)33-15-5-16-34(30(33)36)26-8-4-7-24(19-26)32-40(37,38)28-17-22(11-14-27(28)39-2)23-18-29(35)31-20-23/h4,7-14,17,19,23,32H,3,5-6,15-16,18,20H2,1-2H3,(H,31,35). The third kappa shape index (κ3) is 5.77. The van der Waals surface area contributed by atoms with Crippen LogP contribution in [0.25, 0.3) is 0 Å². The first-order valence-electron chi connectivity index (χ1n) is 13.5. The second kappa shape index (κ2) is 11.6. The lowest BCUT2D eigenvalue weighted by atomic mass is 9.98. The van der Waals surface area contributed by atoms with Crippen molar-refractivity contribution in [3.8, 4) is 5.75 Å². The molecule has 2 fully saturated rings. The monoisotopic (exact) mass is 562 g/mol. The highest BCUT2D eigenvalue weighted by molar-refractivity contribution is 7.92. The SMILES string of the molecule is CCCc1ccc(N2CCCN(c3cccc(NS(=O)(=O)c4cc(C5CNC(=O)C5)ccc4OC)c3)C2=O)cc1. The van der Waals surface area contributed by atoms with Crippen molar-refractivity contribution in [3.63, 3.8) is 0 Å². The zero-order chi connectivity index (χ0) is 28.3. The molecule has 0 aliphatic carbocycles. The predicted octanol–water partition coefficient (Wildman–Crippen LogP) is 4.89. The maximum atomic E-state index is 13.5. The largest absolute Gasteiger partial charge is 0.495 e. The maximum absolute atomic E-state index is 13.5. The lowest BCUT2D eigenvalue weighted by molar-refractivity contribution is -0.119. The molecule has 10 heteroatoms. The smallest absolute Gasteiger partial charge is 0.328 e. The highest BCUT2D eigenvalue weighted by Gasteiger charge is 2.29. The molecule has 40 heavy (non-hydrogen) atoms. The molecule has 2 N–H and O–H groups in total. The van der Waals surface area contributed by atoms with Gasteiger partial charge in [0.05, 0.1) is 12.8 Å². The number of urea groups is 1. The van der Waals surface area contributed by atoms with Crippen LogP contribution in [0.15, 0.2) is 71.6 Å². The zero-order valence-corrected chi connectivity index (χ0v) is 23.5. The third-order valence-corrected chi connectivity index (χ3v) is 8.75. The van der Waals surface area contributed by atoms with E-state index < -0.39 is 10.0 Å². The van der Waals surface area contributed by atoms with E-state index >= 15 is 0 Å². The summed E-state index contributed by atoms with van der Waals surface area (Å²) in [6, 6.07) is 19.7.